The normalized spacial score (nSPS) is 21.4. The number of rotatable bonds is 2. The second-order valence-electron chi connectivity index (χ2n) is 2.80. The molecule has 0 saturated carbocycles. The third kappa shape index (κ3) is 2.46. The van der Waals surface area contributed by atoms with E-state index in [1.54, 1.807) is 6.08 Å². The number of carbonyl (C=O) groups excluding carboxylic acids is 1. The predicted octanol–water partition coefficient (Wildman–Crippen LogP) is 0.320. The lowest BCUT2D eigenvalue weighted by molar-refractivity contribution is -0.116. The van der Waals surface area contributed by atoms with Crippen LogP contribution in [0.3, 0.4) is 0 Å². The molecule has 0 aromatic carbocycles. The number of sulfone groups is 1. The van der Waals surface area contributed by atoms with Gasteiger partial charge in [-0.05, 0) is 6.92 Å². The Morgan fingerprint density at radius 3 is 2.64 bits per heavy atom. The summed E-state index contributed by atoms with van der Waals surface area (Å²) in [5.74, 6) is 0.204. The molecule has 0 amide bonds. The van der Waals surface area contributed by atoms with Gasteiger partial charge in [-0.1, -0.05) is 11.6 Å². The Kier molecular flexibility index (Phi) is 2.13. The lowest BCUT2D eigenvalue weighted by Gasteiger charge is -1.94. The SMILES string of the molecule is CC(=O)CC1=CCS(=O)(=O)C1. The second-order valence-corrected chi connectivity index (χ2v) is 4.90. The molecule has 0 fully saturated rings. The first-order valence-corrected chi connectivity index (χ1v) is 5.19. The molecule has 4 heteroatoms. The van der Waals surface area contributed by atoms with Gasteiger partial charge in [-0.25, -0.2) is 8.42 Å². The molecular weight excluding hydrogens is 164 g/mol. The van der Waals surface area contributed by atoms with Crippen molar-refractivity contribution >= 4 is 15.6 Å². The first-order valence-electron chi connectivity index (χ1n) is 3.37. The van der Waals surface area contributed by atoms with E-state index in [-0.39, 0.29) is 17.3 Å². The van der Waals surface area contributed by atoms with Crippen molar-refractivity contribution < 1.29 is 13.2 Å². The van der Waals surface area contributed by atoms with Crippen LogP contribution in [-0.2, 0) is 14.6 Å². The molecule has 0 aliphatic carbocycles. The molecule has 0 atom stereocenters. The molecular formula is C7H10O3S. The minimum atomic E-state index is -2.89. The summed E-state index contributed by atoms with van der Waals surface area (Å²) in [6.07, 6.45) is 1.93. The zero-order valence-corrected chi connectivity index (χ0v) is 7.15. The van der Waals surface area contributed by atoms with E-state index >= 15 is 0 Å². The fourth-order valence-electron chi connectivity index (χ4n) is 1.09. The van der Waals surface area contributed by atoms with Gasteiger partial charge in [0, 0.05) is 6.42 Å². The van der Waals surface area contributed by atoms with Gasteiger partial charge in [-0.2, -0.15) is 0 Å². The van der Waals surface area contributed by atoms with Crippen molar-refractivity contribution in [3.05, 3.63) is 11.6 Å². The summed E-state index contributed by atoms with van der Waals surface area (Å²) in [4.78, 5) is 10.6. The quantitative estimate of drug-likeness (QED) is 0.566. The van der Waals surface area contributed by atoms with E-state index in [4.69, 9.17) is 0 Å². The van der Waals surface area contributed by atoms with Gasteiger partial charge in [-0.15, -0.1) is 0 Å². The third-order valence-corrected chi connectivity index (χ3v) is 2.99. The van der Waals surface area contributed by atoms with E-state index in [1.807, 2.05) is 0 Å². The lowest BCUT2D eigenvalue weighted by atomic mass is 10.1. The number of Topliss-reactive ketones (excluding diaryl/α,β-unsaturated/α-hetero) is 1. The van der Waals surface area contributed by atoms with Crippen LogP contribution in [0.5, 0.6) is 0 Å². The highest BCUT2D eigenvalue weighted by atomic mass is 32.2. The fourth-order valence-corrected chi connectivity index (χ4v) is 2.48. The Labute approximate surface area is 66.0 Å². The summed E-state index contributed by atoms with van der Waals surface area (Å²) >= 11 is 0. The summed E-state index contributed by atoms with van der Waals surface area (Å²) in [7, 11) is -2.89. The van der Waals surface area contributed by atoms with Crippen molar-refractivity contribution in [2.24, 2.45) is 0 Å². The molecule has 0 N–H and O–H groups in total. The van der Waals surface area contributed by atoms with Crippen molar-refractivity contribution in [2.75, 3.05) is 11.5 Å². The lowest BCUT2D eigenvalue weighted by Crippen LogP contribution is -2.04. The first-order chi connectivity index (χ1) is 4.99. The Morgan fingerprint density at radius 1 is 1.64 bits per heavy atom. The average molecular weight is 174 g/mol. The van der Waals surface area contributed by atoms with Gasteiger partial charge in [-0.3, -0.25) is 4.79 Å². The molecule has 1 rings (SSSR count). The monoisotopic (exact) mass is 174 g/mol. The van der Waals surface area contributed by atoms with E-state index in [0.717, 1.165) is 5.57 Å². The van der Waals surface area contributed by atoms with E-state index in [9.17, 15) is 13.2 Å². The highest BCUT2D eigenvalue weighted by Gasteiger charge is 2.19. The van der Waals surface area contributed by atoms with Crippen molar-refractivity contribution in [3.63, 3.8) is 0 Å². The van der Waals surface area contributed by atoms with Crippen LogP contribution < -0.4 is 0 Å². The van der Waals surface area contributed by atoms with Gasteiger partial charge in [0.15, 0.2) is 9.84 Å². The zero-order valence-electron chi connectivity index (χ0n) is 6.33. The highest BCUT2D eigenvalue weighted by molar-refractivity contribution is 7.92. The maximum Gasteiger partial charge on any atom is 0.157 e. The van der Waals surface area contributed by atoms with Crippen LogP contribution >= 0.6 is 0 Å². The van der Waals surface area contributed by atoms with Gasteiger partial charge >= 0.3 is 0 Å². The third-order valence-electron chi connectivity index (χ3n) is 1.51. The van der Waals surface area contributed by atoms with Crippen LogP contribution in [0.15, 0.2) is 11.6 Å². The molecule has 1 heterocycles. The molecule has 1 aliphatic heterocycles. The predicted molar refractivity (Wildman–Crippen MR) is 42.0 cm³/mol. The fraction of sp³-hybridized carbons (Fsp3) is 0.571. The maximum atomic E-state index is 10.9. The molecule has 62 valence electrons. The molecule has 11 heavy (non-hydrogen) atoms. The van der Waals surface area contributed by atoms with Gasteiger partial charge in [0.2, 0.25) is 0 Å². The molecule has 1 aliphatic rings. The van der Waals surface area contributed by atoms with Crippen LogP contribution in [0.2, 0.25) is 0 Å². The summed E-state index contributed by atoms with van der Waals surface area (Å²) in [6, 6.07) is 0. The van der Waals surface area contributed by atoms with Crippen LogP contribution in [0.25, 0.3) is 0 Å². The molecule has 0 radical (unpaired) electrons. The Balaban J connectivity index is 2.61. The number of hydrogen-bond donors (Lipinski definition) is 0. The van der Waals surface area contributed by atoms with E-state index < -0.39 is 9.84 Å². The minimum absolute atomic E-state index is 0.0216. The maximum absolute atomic E-state index is 10.9. The van der Waals surface area contributed by atoms with E-state index in [0.29, 0.717) is 6.42 Å². The standard InChI is InChI=1S/C7H10O3S/c1-6(8)4-7-2-3-11(9,10)5-7/h2H,3-5H2,1H3. The number of ketones is 1. The molecule has 0 spiro atoms. The summed E-state index contributed by atoms with van der Waals surface area (Å²) in [6.45, 7) is 1.46. The summed E-state index contributed by atoms with van der Waals surface area (Å²) in [5.41, 5.74) is 0.748. The van der Waals surface area contributed by atoms with Crippen LogP contribution in [0.1, 0.15) is 13.3 Å². The zero-order chi connectivity index (χ0) is 8.48. The minimum Gasteiger partial charge on any atom is -0.300 e. The Hall–Kier alpha value is -0.640. The molecule has 0 saturated heterocycles. The second kappa shape index (κ2) is 2.77. The van der Waals surface area contributed by atoms with E-state index in [2.05, 4.69) is 0 Å². The summed E-state index contributed by atoms with van der Waals surface area (Å²) in [5, 5.41) is 0. The van der Waals surface area contributed by atoms with Gasteiger partial charge in [0.1, 0.15) is 5.78 Å². The van der Waals surface area contributed by atoms with Crippen molar-refractivity contribution in [2.45, 2.75) is 13.3 Å². The Morgan fingerprint density at radius 2 is 2.27 bits per heavy atom. The molecule has 0 bridgehead atoms. The van der Waals surface area contributed by atoms with Crippen molar-refractivity contribution in [1.29, 1.82) is 0 Å². The topological polar surface area (TPSA) is 51.2 Å². The molecule has 0 aromatic heterocycles. The van der Waals surface area contributed by atoms with Crippen LogP contribution in [-0.4, -0.2) is 25.7 Å². The van der Waals surface area contributed by atoms with E-state index in [1.165, 1.54) is 6.92 Å². The molecule has 3 nitrogen and oxygen atoms in total. The number of carbonyl (C=O) groups is 1. The Bertz CT molecular complexity index is 298. The van der Waals surface area contributed by atoms with Crippen molar-refractivity contribution in [3.8, 4) is 0 Å². The van der Waals surface area contributed by atoms with Crippen LogP contribution in [0, 0.1) is 0 Å². The smallest absolute Gasteiger partial charge is 0.157 e. The molecule has 0 aromatic rings. The largest absolute Gasteiger partial charge is 0.300 e. The average Bonchev–Trinajstić information content (AvgIpc) is 2.08. The first kappa shape index (κ1) is 8.46. The van der Waals surface area contributed by atoms with Gasteiger partial charge in [0.05, 0.1) is 11.5 Å². The van der Waals surface area contributed by atoms with Gasteiger partial charge in [0.25, 0.3) is 0 Å². The van der Waals surface area contributed by atoms with Crippen molar-refractivity contribution in [1.82, 2.24) is 0 Å². The van der Waals surface area contributed by atoms with Crippen LogP contribution in [0.4, 0.5) is 0 Å². The highest BCUT2D eigenvalue weighted by Crippen LogP contribution is 2.14. The number of hydrogen-bond acceptors (Lipinski definition) is 3. The van der Waals surface area contributed by atoms with Gasteiger partial charge < -0.3 is 0 Å². The summed E-state index contributed by atoms with van der Waals surface area (Å²) < 4.78 is 21.7. The molecule has 0 unspecified atom stereocenters.